The number of nitrogens with two attached hydrogens (primary N) is 1. The average Bonchev–Trinajstić information content (AvgIpc) is 2.53. The van der Waals surface area contributed by atoms with Crippen LogP contribution in [-0.2, 0) is 20.8 Å². The number of methoxy groups -OCH3 is 2. The van der Waals surface area contributed by atoms with Crippen molar-refractivity contribution in [2.45, 2.75) is 6.54 Å². The van der Waals surface area contributed by atoms with Crippen molar-refractivity contribution in [1.82, 2.24) is 0 Å². The van der Waals surface area contributed by atoms with Crippen molar-refractivity contribution in [2.75, 3.05) is 53.9 Å². The Bertz CT molecular complexity index is 386. The van der Waals surface area contributed by atoms with E-state index in [1.165, 1.54) is 0 Å². The molecule has 0 spiro atoms. The highest BCUT2D eigenvalue weighted by molar-refractivity contribution is 5.42. The van der Waals surface area contributed by atoms with E-state index in [1.807, 2.05) is 18.2 Å². The fourth-order valence-electron chi connectivity index (χ4n) is 1.64. The van der Waals surface area contributed by atoms with Gasteiger partial charge in [0.05, 0.1) is 40.1 Å². The third-order valence-electron chi connectivity index (χ3n) is 2.75. The smallest absolute Gasteiger partial charge is 0.161 e. The minimum atomic E-state index is 0.447. The molecule has 0 aliphatic carbocycles. The zero-order valence-corrected chi connectivity index (χ0v) is 12.8. The van der Waals surface area contributed by atoms with Crippen molar-refractivity contribution in [2.24, 2.45) is 5.73 Å². The molecular weight excluding hydrogens is 274 g/mol. The van der Waals surface area contributed by atoms with E-state index in [1.54, 1.807) is 14.2 Å². The van der Waals surface area contributed by atoms with E-state index in [0.29, 0.717) is 57.7 Å². The molecule has 0 heterocycles. The van der Waals surface area contributed by atoms with Gasteiger partial charge in [-0.1, -0.05) is 6.07 Å². The molecule has 0 radical (unpaired) electrons. The largest absolute Gasteiger partial charge is 0.493 e. The second-order valence-electron chi connectivity index (χ2n) is 4.26. The van der Waals surface area contributed by atoms with Crippen LogP contribution in [0.4, 0.5) is 0 Å². The minimum Gasteiger partial charge on any atom is -0.493 e. The molecule has 21 heavy (non-hydrogen) atoms. The van der Waals surface area contributed by atoms with Gasteiger partial charge in [-0.15, -0.1) is 0 Å². The summed E-state index contributed by atoms with van der Waals surface area (Å²) in [5, 5.41) is 0. The van der Waals surface area contributed by atoms with Crippen molar-refractivity contribution >= 4 is 0 Å². The molecule has 120 valence electrons. The van der Waals surface area contributed by atoms with Crippen LogP contribution in [0.5, 0.6) is 11.5 Å². The number of rotatable bonds is 12. The van der Waals surface area contributed by atoms with Gasteiger partial charge in [0.15, 0.2) is 11.5 Å². The highest BCUT2D eigenvalue weighted by atomic mass is 16.6. The molecule has 2 N–H and O–H groups in total. The summed E-state index contributed by atoms with van der Waals surface area (Å²) in [4.78, 5) is 0. The summed E-state index contributed by atoms with van der Waals surface area (Å²) >= 11 is 0. The lowest BCUT2D eigenvalue weighted by molar-refractivity contribution is 0.0178. The Labute approximate surface area is 126 Å². The Hall–Kier alpha value is -1.34. The van der Waals surface area contributed by atoms with Gasteiger partial charge in [-0.2, -0.15) is 0 Å². The summed E-state index contributed by atoms with van der Waals surface area (Å²) in [6.07, 6.45) is 0. The molecule has 0 bridgehead atoms. The molecule has 0 saturated carbocycles. The van der Waals surface area contributed by atoms with Crippen LogP contribution < -0.4 is 15.2 Å². The van der Waals surface area contributed by atoms with Crippen LogP contribution in [0.1, 0.15) is 5.56 Å². The molecule has 0 fully saturated rings. The molecule has 6 heteroatoms. The van der Waals surface area contributed by atoms with E-state index in [0.717, 1.165) is 5.56 Å². The maximum atomic E-state index is 5.65. The van der Waals surface area contributed by atoms with Crippen molar-refractivity contribution in [1.29, 1.82) is 0 Å². The summed E-state index contributed by atoms with van der Waals surface area (Å²) < 4.78 is 26.4. The first kappa shape index (κ1) is 17.7. The fraction of sp³-hybridized carbons (Fsp3) is 0.600. The molecule has 0 atom stereocenters. The van der Waals surface area contributed by atoms with Gasteiger partial charge < -0.3 is 29.4 Å². The summed E-state index contributed by atoms with van der Waals surface area (Å²) in [6.45, 7) is 3.67. The highest BCUT2D eigenvalue weighted by Crippen LogP contribution is 2.27. The first-order valence-corrected chi connectivity index (χ1v) is 6.96. The van der Waals surface area contributed by atoms with E-state index >= 15 is 0 Å². The Balaban J connectivity index is 2.17. The Morgan fingerprint density at radius 3 is 2.14 bits per heavy atom. The van der Waals surface area contributed by atoms with Crippen LogP contribution in [0.25, 0.3) is 0 Å². The molecule has 0 aliphatic rings. The maximum absolute atomic E-state index is 5.65. The van der Waals surface area contributed by atoms with E-state index in [4.69, 9.17) is 29.4 Å². The van der Waals surface area contributed by atoms with E-state index in [2.05, 4.69) is 0 Å². The normalized spacial score (nSPS) is 10.6. The summed E-state index contributed by atoms with van der Waals surface area (Å²) in [6, 6.07) is 5.65. The van der Waals surface area contributed by atoms with Crippen LogP contribution in [0.15, 0.2) is 18.2 Å². The molecular formula is C15H25NO5. The second-order valence-corrected chi connectivity index (χ2v) is 4.26. The predicted octanol–water partition coefficient (Wildman–Crippen LogP) is 1.21. The van der Waals surface area contributed by atoms with Gasteiger partial charge in [0.2, 0.25) is 0 Å². The van der Waals surface area contributed by atoms with E-state index in [-0.39, 0.29) is 0 Å². The predicted molar refractivity (Wildman–Crippen MR) is 79.9 cm³/mol. The molecule has 0 aliphatic heterocycles. The van der Waals surface area contributed by atoms with Gasteiger partial charge in [-0.3, -0.25) is 0 Å². The van der Waals surface area contributed by atoms with E-state index in [9.17, 15) is 0 Å². The van der Waals surface area contributed by atoms with Crippen LogP contribution in [0.2, 0.25) is 0 Å². The van der Waals surface area contributed by atoms with Crippen LogP contribution in [0, 0.1) is 0 Å². The molecule has 1 rings (SSSR count). The Morgan fingerprint density at radius 1 is 0.857 bits per heavy atom. The lowest BCUT2D eigenvalue weighted by Crippen LogP contribution is -2.12. The zero-order valence-electron chi connectivity index (χ0n) is 12.8. The molecule has 0 saturated heterocycles. The Kier molecular flexibility index (Phi) is 9.56. The maximum Gasteiger partial charge on any atom is 0.161 e. The highest BCUT2D eigenvalue weighted by Gasteiger charge is 2.05. The first-order chi connectivity index (χ1) is 10.3. The number of hydrogen-bond donors (Lipinski definition) is 1. The van der Waals surface area contributed by atoms with E-state index < -0.39 is 0 Å². The molecule has 0 unspecified atom stereocenters. The zero-order chi connectivity index (χ0) is 15.3. The average molecular weight is 299 g/mol. The molecule has 1 aromatic rings. The van der Waals surface area contributed by atoms with Crippen LogP contribution >= 0.6 is 0 Å². The monoisotopic (exact) mass is 299 g/mol. The van der Waals surface area contributed by atoms with Gasteiger partial charge in [-0.25, -0.2) is 0 Å². The van der Waals surface area contributed by atoms with Crippen LogP contribution in [-0.4, -0.2) is 53.9 Å². The van der Waals surface area contributed by atoms with Gasteiger partial charge in [0.1, 0.15) is 6.61 Å². The molecule has 0 aromatic heterocycles. The SMILES string of the molecule is COCCOCCOCCOc1cc(CN)ccc1OC. The third kappa shape index (κ3) is 7.29. The third-order valence-corrected chi connectivity index (χ3v) is 2.75. The number of ether oxygens (including phenoxy) is 5. The van der Waals surface area contributed by atoms with Gasteiger partial charge >= 0.3 is 0 Å². The molecule has 6 nitrogen and oxygen atoms in total. The summed E-state index contributed by atoms with van der Waals surface area (Å²) in [5.41, 5.74) is 6.61. The summed E-state index contributed by atoms with van der Waals surface area (Å²) in [5.74, 6) is 1.37. The van der Waals surface area contributed by atoms with Crippen LogP contribution in [0.3, 0.4) is 0 Å². The van der Waals surface area contributed by atoms with Crippen molar-refractivity contribution in [3.63, 3.8) is 0 Å². The topological polar surface area (TPSA) is 72.2 Å². The number of benzene rings is 1. The first-order valence-electron chi connectivity index (χ1n) is 6.96. The van der Waals surface area contributed by atoms with Crippen molar-refractivity contribution in [3.05, 3.63) is 23.8 Å². The standard InChI is InChI=1S/C15H25NO5/c1-17-5-6-19-7-8-20-9-10-21-15-11-13(12-16)3-4-14(15)18-2/h3-4,11H,5-10,12,16H2,1-2H3. The molecule has 0 amide bonds. The number of hydrogen-bond acceptors (Lipinski definition) is 6. The van der Waals surface area contributed by atoms with Gasteiger partial charge in [0.25, 0.3) is 0 Å². The van der Waals surface area contributed by atoms with Gasteiger partial charge in [0, 0.05) is 13.7 Å². The van der Waals surface area contributed by atoms with Gasteiger partial charge in [-0.05, 0) is 17.7 Å². The Morgan fingerprint density at radius 2 is 1.52 bits per heavy atom. The summed E-state index contributed by atoms with van der Waals surface area (Å²) in [7, 11) is 3.25. The van der Waals surface area contributed by atoms with Crippen molar-refractivity contribution in [3.8, 4) is 11.5 Å². The lowest BCUT2D eigenvalue weighted by Gasteiger charge is -2.12. The lowest BCUT2D eigenvalue weighted by atomic mass is 10.2. The quantitative estimate of drug-likeness (QED) is 0.585. The fourth-order valence-corrected chi connectivity index (χ4v) is 1.64. The minimum absolute atomic E-state index is 0.447. The van der Waals surface area contributed by atoms with Crippen molar-refractivity contribution < 1.29 is 23.7 Å². The second kappa shape index (κ2) is 11.3. The molecule has 1 aromatic carbocycles.